The molecule has 0 spiro atoms. The average Bonchev–Trinajstić information content (AvgIpc) is 3.35. The second-order valence-corrected chi connectivity index (χ2v) is 9.31. The van der Waals surface area contributed by atoms with Crippen molar-refractivity contribution in [1.82, 2.24) is 15.1 Å². The molecule has 0 unspecified atom stereocenters. The van der Waals surface area contributed by atoms with Gasteiger partial charge < -0.3 is 10.6 Å². The van der Waals surface area contributed by atoms with E-state index in [0.29, 0.717) is 5.82 Å². The van der Waals surface area contributed by atoms with Crippen LogP contribution >= 0.6 is 11.8 Å². The number of nitrogens with one attached hydrogen (secondary N) is 2. The van der Waals surface area contributed by atoms with Crippen LogP contribution in [0.2, 0.25) is 0 Å². The van der Waals surface area contributed by atoms with Crippen LogP contribution in [-0.4, -0.2) is 27.6 Å². The quantitative estimate of drug-likeness (QED) is 0.551. The van der Waals surface area contributed by atoms with Crippen molar-refractivity contribution in [1.29, 1.82) is 0 Å². The van der Waals surface area contributed by atoms with E-state index < -0.39 is 11.8 Å². The van der Waals surface area contributed by atoms with Crippen molar-refractivity contribution in [2.75, 3.05) is 5.32 Å². The lowest BCUT2D eigenvalue weighted by Gasteiger charge is -2.15. The Balaban J connectivity index is 1.46. The maximum atomic E-state index is 12.8. The molecule has 2 heterocycles. The molecule has 6 nitrogen and oxygen atoms in total. The molecule has 2 amide bonds. The van der Waals surface area contributed by atoms with Crippen LogP contribution in [0.15, 0.2) is 48.5 Å². The first-order chi connectivity index (χ1) is 15.4. The van der Waals surface area contributed by atoms with Crippen LogP contribution in [0.5, 0.6) is 0 Å². The largest absolute Gasteiger partial charge is 0.345 e. The third-order valence-electron chi connectivity index (χ3n) is 5.66. The smallest absolute Gasteiger partial charge is 0.314 e. The monoisotopic (exact) mass is 448 g/mol. The molecule has 2 N–H and O–H groups in total. The Morgan fingerprint density at radius 3 is 2.62 bits per heavy atom. The van der Waals surface area contributed by atoms with Gasteiger partial charge >= 0.3 is 11.8 Å². The SMILES string of the molecule is Cc1ccc(-n2nc3c(c2NC(=O)C(=O)N[C@@H](C)CCc2ccccc2)CSC3)c(C)c1. The molecule has 0 radical (unpaired) electrons. The molecule has 1 aliphatic heterocycles. The lowest BCUT2D eigenvalue weighted by molar-refractivity contribution is -0.136. The number of nitrogens with zero attached hydrogens (tertiary/aromatic N) is 2. The number of fused-ring (bicyclic) bond motifs is 1. The topological polar surface area (TPSA) is 76.0 Å². The van der Waals surface area contributed by atoms with Crippen molar-refractivity contribution >= 4 is 29.4 Å². The molecule has 0 fully saturated rings. The number of hydrogen-bond donors (Lipinski definition) is 2. The molecule has 4 rings (SSSR count). The number of aryl methyl sites for hydroxylation is 3. The molecule has 7 heteroatoms. The summed E-state index contributed by atoms with van der Waals surface area (Å²) in [5, 5.41) is 10.4. The highest BCUT2D eigenvalue weighted by Gasteiger charge is 2.27. The molecule has 0 aliphatic carbocycles. The van der Waals surface area contributed by atoms with E-state index in [4.69, 9.17) is 5.10 Å². The van der Waals surface area contributed by atoms with E-state index in [2.05, 4.69) is 28.8 Å². The molecule has 1 aliphatic rings. The average molecular weight is 449 g/mol. The lowest BCUT2D eigenvalue weighted by Crippen LogP contribution is -2.41. The van der Waals surface area contributed by atoms with Crippen LogP contribution in [0.1, 0.15) is 41.3 Å². The maximum absolute atomic E-state index is 12.8. The second-order valence-electron chi connectivity index (χ2n) is 8.32. The fraction of sp³-hybridized carbons (Fsp3) is 0.320. The van der Waals surface area contributed by atoms with Gasteiger partial charge in [0.15, 0.2) is 0 Å². The Labute approximate surface area is 192 Å². The molecular formula is C25H28N4O2S. The van der Waals surface area contributed by atoms with E-state index in [1.165, 1.54) is 5.56 Å². The molecule has 1 atom stereocenters. The van der Waals surface area contributed by atoms with Crippen LogP contribution in [-0.2, 0) is 27.5 Å². The summed E-state index contributed by atoms with van der Waals surface area (Å²) in [6.07, 6.45) is 1.60. The third kappa shape index (κ3) is 4.88. The number of benzene rings is 2. The first kappa shape index (κ1) is 22.1. The minimum absolute atomic E-state index is 0.112. The first-order valence-electron chi connectivity index (χ1n) is 10.8. The van der Waals surface area contributed by atoms with E-state index in [1.807, 2.05) is 51.1 Å². The summed E-state index contributed by atoms with van der Waals surface area (Å²) in [4.78, 5) is 25.4. The zero-order chi connectivity index (χ0) is 22.7. The number of carbonyl (C=O) groups is 2. The molecule has 0 saturated carbocycles. The van der Waals surface area contributed by atoms with Crippen LogP contribution < -0.4 is 10.6 Å². The normalized spacial score (nSPS) is 13.5. The molecule has 0 saturated heterocycles. The zero-order valence-corrected chi connectivity index (χ0v) is 19.5. The van der Waals surface area contributed by atoms with Gasteiger partial charge in [0, 0.05) is 23.1 Å². The van der Waals surface area contributed by atoms with Gasteiger partial charge in [0.25, 0.3) is 0 Å². The van der Waals surface area contributed by atoms with Crippen molar-refractivity contribution in [3.05, 3.63) is 76.5 Å². The third-order valence-corrected chi connectivity index (χ3v) is 6.63. The number of carbonyl (C=O) groups excluding carboxylic acids is 2. The molecular weight excluding hydrogens is 420 g/mol. The van der Waals surface area contributed by atoms with Crippen LogP contribution in [0.4, 0.5) is 5.82 Å². The summed E-state index contributed by atoms with van der Waals surface area (Å²) in [7, 11) is 0. The van der Waals surface area contributed by atoms with Gasteiger partial charge in [0.05, 0.1) is 11.4 Å². The van der Waals surface area contributed by atoms with Crippen LogP contribution in [0, 0.1) is 13.8 Å². The van der Waals surface area contributed by atoms with Crippen molar-refractivity contribution < 1.29 is 9.59 Å². The summed E-state index contributed by atoms with van der Waals surface area (Å²) < 4.78 is 1.77. The van der Waals surface area contributed by atoms with Crippen LogP contribution in [0.25, 0.3) is 5.69 Å². The Hall–Kier alpha value is -3.06. The van der Waals surface area contributed by atoms with Crippen molar-refractivity contribution in [3.63, 3.8) is 0 Å². The standard InChI is InChI=1S/C25H28N4O2S/c1-16-9-12-22(17(2)13-16)29-23(20-14-32-15-21(20)28-29)27-25(31)24(30)26-18(3)10-11-19-7-5-4-6-8-19/h4-9,12-13,18H,10-11,14-15H2,1-3H3,(H,26,30)(H,27,31)/t18-/m0/s1. The Morgan fingerprint density at radius 1 is 1.09 bits per heavy atom. The fourth-order valence-corrected chi connectivity index (χ4v) is 4.95. The Bertz CT molecular complexity index is 1140. The number of thioether (sulfide) groups is 1. The summed E-state index contributed by atoms with van der Waals surface area (Å²) in [6.45, 7) is 5.99. The summed E-state index contributed by atoms with van der Waals surface area (Å²) in [5.74, 6) is 0.874. The highest BCUT2D eigenvalue weighted by atomic mass is 32.2. The molecule has 3 aromatic rings. The number of hydrogen-bond acceptors (Lipinski definition) is 4. The zero-order valence-electron chi connectivity index (χ0n) is 18.6. The second kappa shape index (κ2) is 9.61. The highest BCUT2D eigenvalue weighted by molar-refractivity contribution is 7.98. The minimum Gasteiger partial charge on any atom is -0.345 e. The predicted octanol–water partition coefficient (Wildman–Crippen LogP) is 4.31. The van der Waals surface area contributed by atoms with Gasteiger partial charge in [0.1, 0.15) is 5.82 Å². The van der Waals surface area contributed by atoms with Gasteiger partial charge in [-0.05, 0) is 50.8 Å². The number of aromatic nitrogens is 2. The molecule has 1 aromatic heterocycles. The minimum atomic E-state index is -0.665. The Kier molecular flexibility index (Phi) is 6.65. The summed E-state index contributed by atoms with van der Waals surface area (Å²) >= 11 is 1.76. The molecule has 32 heavy (non-hydrogen) atoms. The fourth-order valence-electron chi connectivity index (χ4n) is 3.91. The number of amides is 2. The van der Waals surface area contributed by atoms with Crippen molar-refractivity contribution in [2.45, 2.75) is 51.2 Å². The van der Waals surface area contributed by atoms with Gasteiger partial charge in [-0.25, -0.2) is 4.68 Å². The molecule has 166 valence electrons. The maximum Gasteiger partial charge on any atom is 0.314 e. The predicted molar refractivity (Wildman–Crippen MR) is 129 cm³/mol. The van der Waals surface area contributed by atoms with E-state index in [-0.39, 0.29) is 6.04 Å². The van der Waals surface area contributed by atoms with Gasteiger partial charge in [-0.2, -0.15) is 16.9 Å². The highest BCUT2D eigenvalue weighted by Crippen LogP contribution is 2.36. The first-order valence-corrected chi connectivity index (χ1v) is 12.0. The van der Waals surface area contributed by atoms with E-state index in [9.17, 15) is 9.59 Å². The van der Waals surface area contributed by atoms with Gasteiger partial charge in [-0.3, -0.25) is 9.59 Å². The Morgan fingerprint density at radius 2 is 1.88 bits per heavy atom. The van der Waals surface area contributed by atoms with E-state index in [1.54, 1.807) is 16.4 Å². The van der Waals surface area contributed by atoms with Crippen molar-refractivity contribution in [2.24, 2.45) is 0 Å². The van der Waals surface area contributed by atoms with Crippen molar-refractivity contribution in [3.8, 4) is 5.69 Å². The molecule has 2 aromatic carbocycles. The summed E-state index contributed by atoms with van der Waals surface area (Å²) in [5.41, 5.74) is 6.30. The summed E-state index contributed by atoms with van der Waals surface area (Å²) in [6, 6.07) is 16.1. The number of anilines is 1. The molecule has 0 bridgehead atoms. The van der Waals surface area contributed by atoms with Gasteiger partial charge in [-0.1, -0.05) is 48.0 Å². The van der Waals surface area contributed by atoms with Gasteiger partial charge in [-0.15, -0.1) is 0 Å². The van der Waals surface area contributed by atoms with E-state index >= 15 is 0 Å². The number of rotatable bonds is 6. The van der Waals surface area contributed by atoms with Crippen LogP contribution in [0.3, 0.4) is 0 Å². The lowest BCUT2D eigenvalue weighted by atomic mass is 10.1. The van der Waals surface area contributed by atoms with Gasteiger partial charge in [0.2, 0.25) is 0 Å². The van der Waals surface area contributed by atoms with E-state index in [0.717, 1.165) is 52.4 Å².